The predicted octanol–water partition coefficient (Wildman–Crippen LogP) is 3.58. The van der Waals surface area contributed by atoms with Gasteiger partial charge in [-0.3, -0.25) is 5.10 Å². The number of rotatable bonds is 6. The van der Waals surface area contributed by atoms with Gasteiger partial charge in [0, 0.05) is 48.2 Å². The molecule has 1 aromatic carbocycles. The normalized spacial score (nSPS) is 11.7. The number of hydrogen-bond acceptors (Lipinski definition) is 5. The second kappa shape index (κ2) is 7.24. The number of ether oxygens (including phenoxy) is 1. The fourth-order valence-corrected chi connectivity index (χ4v) is 3.68. The molecule has 1 N–H and O–H groups in total. The molecule has 7 nitrogen and oxygen atoms in total. The monoisotopic (exact) mass is 382 g/mol. The van der Waals surface area contributed by atoms with Gasteiger partial charge in [0.25, 0.3) is 0 Å². The van der Waals surface area contributed by atoms with Crippen molar-refractivity contribution in [1.29, 1.82) is 5.26 Å². The van der Waals surface area contributed by atoms with Crippen LogP contribution in [0.5, 0.6) is 5.75 Å². The lowest BCUT2D eigenvalue weighted by Crippen LogP contribution is -2.03. The molecule has 1 aliphatic rings. The lowest BCUT2D eigenvalue weighted by molar-refractivity contribution is 0.302. The molecule has 4 aromatic rings. The van der Waals surface area contributed by atoms with Crippen LogP contribution in [-0.4, -0.2) is 31.3 Å². The van der Waals surface area contributed by atoms with E-state index in [-0.39, 0.29) is 0 Å². The number of fused-ring (bicyclic) bond motifs is 3. The van der Waals surface area contributed by atoms with Crippen molar-refractivity contribution >= 4 is 0 Å². The maximum Gasteiger partial charge on any atom is 0.140 e. The van der Waals surface area contributed by atoms with Crippen molar-refractivity contribution in [2.45, 2.75) is 19.4 Å². The molecule has 3 heterocycles. The van der Waals surface area contributed by atoms with Crippen molar-refractivity contribution in [1.82, 2.24) is 24.7 Å². The number of nitrogens with one attached hydrogen (secondary N) is 1. The second-order valence-electron chi connectivity index (χ2n) is 6.97. The molecule has 0 saturated carbocycles. The quantitative estimate of drug-likeness (QED) is 0.453. The Balaban J connectivity index is 1.32. The maximum absolute atomic E-state index is 8.93. The Kier molecular flexibility index (Phi) is 4.30. The highest BCUT2D eigenvalue weighted by molar-refractivity contribution is 5.81. The first-order chi connectivity index (χ1) is 14.3. The van der Waals surface area contributed by atoms with Crippen LogP contribution in [0, 0.1) is 11.3 Å². The standard InChI is InChI=1S/C22H18N6O/c23-12-17-4-2-16(13-25-17)21-20-10-15-3-5-18(11-19(15)22(20)27-26-21)29-9-1-7-28-8-6-24-14-28/h2-6,8,11,13-14H,1,7,9-10H2,(H,26,27). The molecule has 0 radical (unpaired) electrons. The summed E-state index contributed by atoms with van der Waals surface area (Å²) in [5.41, 5.74) is 6.77. The van der Waals surface area contributed by atoms with Crippen LogP contribution in [-0.2, 0) is 13.0 Å². The summed E-state index contributed by atoms with van der Waals surface area (Å²) in [5, 5.41) is 16.6. The smallest absolute Gasteiger partial charge is 0.140 e. The summed E-state index contributed by atoms with van der Waals surface area (Å²) in [6.45, 7) is 1.53. The van der Waals surface area contributed by atoms with Crippen LogP contribution >= 0.6 is 0 Å². The molecule has 0 fully saturated rings. The summed E-state index contributed by atoms with van der Waals surface area (Å²) >= 11 is 0. The van der Waals surface area contributed by atoms with Crippen molar-refractivity contribution in [3.63, 3.8) is 0 Å². The maximum atomic E-state index is 8.93. The zero-order valence-corrected chi connectivity index (χ0v) is 15.7. The van der Waals surface area contributed by atoms with Gasteiger partial charge < -0.3 is 9.30 Å². The summed E-state index contributed by atoms with van der Waals surface area (Å²) in [4.78, 5) is 8.21. The SMILES string of the molecule is N#Cc1ccc(-c2n[nH]c3c2Cc2ccc(OCCCn4ccnc4)cc2-3)cn1. The van der Waals surface area contributed by atoms with Crippen LogP contribution < -0.4 is 4.74 Å². The summed E-state index contributed by atoms with van der Waals surface area (Å²) in [6, 6.07) is 11.9. The van der Waals surface area contributed by atoms with E-state index in [9.17, 15) is 0 Å². The van der Waals surface area contributed by atoms with Crippen LogP contribution in [0.25, 0.3) is 22.5 Å². The lowest BCUT2D eigenvalue weighted by Gasteiger charge is -2.08. The molecule has 0 aliphatic heterocycles. The van der Waals surface area contributed by atoms with E-state index in [1.165, 1.54) is 5.56 Å². The summed E-state index contributed by atoms with van der Waals surface area (Å²) < 4.78 is 8.00. The highest BCUT2D eigenvalue weighted by Gasteiger charge is 2.25. The summed E-state index contributed by atoms with van der Waals surface area (Å²) in [5.74, 6) is 0.860. The fourth-order valence-electron chi connectivity index (χ4n) is 3.68. The first kappa shape index (κ1) is 17.2. The molecule has 0 spiro atoms. The predicted molar refractivity (Wildman–Crippen MR) is 107 cm³/mol. The first-order valence-electron chi connectivity index (χ1n) is 9.47. The largest absolute Gasteiger partial charge is 0.494 e. The molecular weight excluding hydrogens is 364 g/mol. The van der Waals surface area contributed by atoms with E-state index in [4.69, 9.17) is 10.00 Å². The number of aromatic amines is 1. The lowest BCUT2D eigenvalue weighted by atomic mass is 10.1. The number of H-pyrrole nitrogens is 1. The minimum atomic E-state index is 0.402. The van der Waals surface area contributed by atoms with Crippen LogP contribution in [0.4, 0.5) is 0 Å². The molecule has 7 heteroatoms. The highest BCUT2D eigenvalue weighted by Crippen LogP contribution is 2.41. The topological polar surface area (TPSA) is 92.4 Å². The van der Waals surface area contributed by atoms with Gasteiger partial charge in [-0.25, -0.2) is 9.97 Å². The first-order valence-corrected chi connectivity index (χ1v) is 9.47. The van der Waals surface area contributed by atoms with Gasteiger partial charge in [-0.15, -0.1) is 0 Å². The van der Waals surface area contributed by atoms with Gasteiger partial charge in [-0.05, 0) is 36.2 Å². The number of nitrogens with zero attached hydrogens (tertiary/aromatic N) is 5. The third-order valence-electron chi connectivity index (χ3n) is 5.13. The van der Waals surface area contributed by atoms with Gasteiger partial charge in [0.15, 0.2) is 0 Å². The minimum absolute atomic E-state index is 0.402. The number of benzene rings is 1. The Morgan fingerprint density at radius 1 is 1.24 bits per heavy atom. The van der Waals surface area contributed by atoms with Crippen molar-refractivity contribution in [3.05, 3.63) is 72.1 Å². The van der Waals surface area contributed by atoms with Crippen LogP contribution in [0.2, 0.25) is 0 Å². The van der Waals surface area contributed by atoms with Crippen LogP contribution in [0.15, 0.2) is 55.2 Å². The van der Waals surface area contributed by atoms with Crippen molar-refractivity contribution in [2.75, 3.05) is 6.61 Å². The van der Waals surface area contributed by atoms with Crippen molar-refractivity contribution in [2.24, 2.45) is 0 Å². The zero-order valence-electron chi connectivity index (χ0n) is 15.7. The van der Waals surface area contributed by atoms with Gasteiger partial charge in [-0.2, -0.15) is 10.4 Å². The zero-order chi connectivity index (χ0) is 19.6. The van der Waals surface area contributed by atoms with Gasteiger partial charge >= 0.3 is 0 Å². The molecule has 0 bridgehead atoms. The van der Waals surface area contributed by atoms with E-state index < -0.39 is 0 Å². The summed E-state index contributed by atoms with van der Waals surface area (Å²) in [6.07, 6.45) is 8.99. The van der Waals surface area contributed by atoms with Crippen molar-refractivity contribution < 1.29 is 4.74 Å². The van der Waals surface area contributed by atoms with E-state index in [0.29, 0.717) is 12.3 Å². The van der Waals surface area contributed by atoms with E-state index >= 15 is 0 Å². The third kappa shape index (κ3) is 3.25. The number of pyridine rings is 1. The molecule has 0 amide bonds. The van der Waals surface area contributed by atoms with Crippen LogP contribution in [0.1, 0.15) is 23.2 Å². The molecule has 5 rings (SSSR count). The molecule has 29 heavy (non-hydrogen) atoms. The number of nitriles is 1. The van der Waals surface area contributed by atoms with Crippen LogP contribution in [0.3, 0.4) is 0 Å². The molecule has 3 aromatic heterocycles. The molecule has 0 unspecified atom stereocenters. The Bertz CT molecular complexity index is 1190. The van der Waals surface area contributed by atoms with Gasteiger partial charge in [0.1, 0.15) is 17.5 Å². The molecule has 142 valence electrons. The average Bonchev–Trinajstić information content (AvgIpc) is 3.48. The van der Waals surface area contributed by atoms with Gasteiger partial charge in [-0.1, -0.05) is 6.07 Å². The minimum Gasteiger partial charge on any atom is -0.494 e. The fraction of sp³-hybridized carbons (Fsp3) is 0.182. The average molecular weight is 382 g/mol. The third-order valence-corrected chi connectivity index (χ3v) is 5.13. The number of imidazole rings is 1. The Morgan fingerprint density at radius 3 is 3.00 bits per heavy atom. The Hall–Kier alpha value is -3.92. The number of aromatic nitrogens is 5. The van der Waals surface area contributed by atoms with Gasteiger partial charge in [0.2, 0.25) is 0 Å². The number of aryl methyl sites for hydroxylation is 1. The van der Waals surface area contributed by atoms with Crippen molar-refractivity contribution in [3.8, 4) is 34.3 Å². The Labute approximate surface area is 167 Å². The molecule has 0 atom stereocenters. The van der Waals surface area contributed by atoms with E-state index in [1.54, 1.807) is 18.5 Å². The second-order valence-corrected chi connectivity index (χ2v) is 6.97. The summed E-state index contributed by atoms with van der Waals surface area (Å²) in [7, 11) is 0. The molecule has 0 saturated heterocycles. The number of hydrogen-bond donors (Lipinski definition) is 1. The highest BCUT2D eigenvalue weighted by atomic mass is 16.5. The van der Waals surface area contributed by atoms with E-state index in [0.717, 1.165) is 53.2 Å². The molecule has 1 aliphatic carbocycles. The van der Waals surface area contributed by atoms with E-state index in [1.807, 2.05) is 35.3 Å². The van der Waals surface area contributed by atoms with Gasteiger partial charge in [0.05, 0.1) is 24.3 Å². The Morgan fingerprint density at radius 2 is 2.21 bits per heavy atom. The molecular formula is C22H18N6O. The van der Waals surface area contributed by atoms with E-state index in [2.05, 4.69) is 32.3 Å².